The number of ether oxygens (including phenoxy) is 2. The van der Waals surface area contributed by atoms with E-state index in [-0.39, 0.29) is 11.8 Å². The Labute approximate surface area is 170 Å². The lowest BCUT2D eigenvalue weighted by atomic mass is 9.78. The molecule has 2 saturated carbocycles. The lowest BCUT2D eigenvalue weighted by molar-refractivity contribution is -0.293. The van der Waals surface area contributed by atoms with Gasteiger partial charge in [0.25, 0.3) is 0 Å². The number of hydrogen-bond donors (Lipinski definition) is 2. The van der Waals surface area contributed by atoms with Crippen LogP contribution >= 0.6 is 0 Å². The molecule has 13 heteroatoms. The zero-order chi connectivity index (χ0) is 23.1. The molecule has 0 aliphatic heterocycles. The number of hydrogen-bond acceptors (Lipinski definition) is 6. The molecule has 2 fully saturated rings. The smallest absolute Gasteiger partial charge is 0.420 e. The number of alkyl halides is 5. The molecule has 0 amide bonds. The number of carbonyl (C=O) groups excluding carboxylic acids is 1. The van der Waals surface area contributed by atoms with E-state index in [2.05, 4.69) is 11.3 Å². The van der Waals surface area contributed by atoms with Crippen LogP contribution in [0.3, 0.4) is 0 Å². The first-order valence-electron chi connectivity index (χ1n) is 9.08. The molecule has 0 radical (unpaired) electrons. The maximum absolute atomic E-state index is 13.4. The van der Waals surface area contributed by atoms with Gasteiger partial charge in [0.15, 0.2) is 5.60 Å². The van der Waals surface area contributed by atoms with Crippen LogP contribution in [-0.4, -0.2) is 60.4 Å². The summed E-state index contributed by atoms with van der Waals surface area (Å²) in [5.74, 6) is -2.11. The van der Waals surface area contributed by atoms with Crippen molar-refractivity contribution in [3.8, 4) is 0 Å². The first-order valence-corrected chi connectivity index (χ1v) is 10.5. The topological polar surface area (TPSA) is 110 Å². The summed E-state index contributed by atoms with van der Waals surface area (Å²) in [4.78, 5) is 12.2. The Balaban J connectivity index is 2.06. The van der Waals surface area contributed by atoms with Crippen molar-refractivity contribution in [1.29, 1.82) is 0 Å². The van der Waals surface area contributed by atoms with Crippen molar-refractivity contribution < 1.29 is 54.3 Å². The molecule has 0 aromatic heterocycles. The van der Waals surface area contributed by atoms with Crippen LogP contribution in [0.2, 0.25) is 0 Å². The molecule has 2 N–H and O–H groups in total. The predicted molar refractivity (Wildman–Crippen MR) is 92.0 cm³/mol. The normalized spacial score (nSPS) is 27.5. The Kier molecular flexibility index (Phi) is 6.92. The summed E-state index contributed by atoms with van der Waals surface area (Å²) >= 11 is 0. The van der Waals surface area contributed by atoms with E-state index in [0.29, 0.717) is 26.2 Å². The average molecular weight is 466 g/mol. The highest BCUT2D eigenvalue weighted by molar-refractivity contribution is 7.86. The van der Waals surface area contributed by atoms with E-state index in [9.17, 15) is 40.3 Å². The molecular formula is C17H23F5O7S. The third-order valence-corrected chi connectivity index (χ3v) is 6.63. The second kappa shape index (κ2) is 8.32. The predicted octanol–water partition coefficient (Wildman–Crippen LogP) is 2.70. The number of rotatable bonds is 9. The van der Waals surface area contributed by atoms with Crippen LogP contribution in [0.5, 0.6) is 0 Å². The van der Waals surface area contributed by atoms with Crippen molar-refractivity contribution in [2.24, 2.45) is 17.8 Å². The molecule has 2 aliphatic carbocycles. The van der Waals surface area contributed by atoms with Gasteiger partial charge in [-0.2, -0.15) is 30.4 Å². The fourth-order valence-electron chi connectivity index (χ4n) is 4.07. The number of esters is 1. The van der Waals surface area contributed by atoms with Crippen molar-refractivity contribution in [2.45, 2.75) is 55.7 Å². The van der Waals surface area contributed by atoms with Crippen molar-refractivity contribution in [3.63, 3.8) is 0 Å². The van der Waals surface area contributed by atoms with E-state index in [1.54, 1.807) is 0 Å². The van der Waals surface area contributed by atoms with Crippen LogP contribution < -0.4 is 0 Å². The molecule has 7 nitrogen and oxygen atoms in total. The molecule has 0 spiro atoms. The highest BCUT2D eigenvalue weighted by atomic mass is 32.2. The van der Waals surface area contributed by atoms with Gasteiger partial charge in [-0.15, -0.1) is 0 Å². The van der Waals surface area contributed by atoms with Crippen LogP contribution in [0.25, 0.3) is 0 Å². The zero-order valence-corrected chi connectivity index (χ0v) is 16.8. The van der Waals surface area contributed by atoms with E-state index in [1.165, 1.54) is 0 Å². The van der Waals surface area contributed by atoms with E-state index >= 15 is 0 Å². The van der Waals surface area contributed by atoms with Crippen LogP contribution in [0.4, 0.5) is 22.0 Å². The van der Waals surface area contributed by atoms with Gasteiger partial charge >= 0.3 is 27.5 Å². The highest BCUT2D eigenvalue weighted by Crippen LogP contribution is 2.53. The summed E-state index contributed by atoms with van der Waals surface area (Å²) in [7, 11) is -5.75. The van der Waals surface area contributed by atoms with Crippen molar-refractivity contribution in [2.75, 3.05) is 13.2 Å². The van der Waals surface area contributed by atoms with Gasteiger partial charge in [0, 0.05) is 5.92 Å². The van der Waals surface area contributed by atoms with Gasteiger partial charge in [-0.05, 0) is 38.0 Å². The van der Waals surface area contributed by atoms with Gasteiger partial charge in [-0.3, -0.25) is 4.55 Å². The van der Waals surface area contributed by atoms with Crippen molar-refractivity contribution in [3.05, 3.63) is 12.2 Å². The summed E-state index contributed by atoms with van der Waals surface area (Å²) < 4.78 is 105. The summed E-state index contributed by atoms with van der Waals surface area (Å²) in [5, 5.41) is 5.50. The number of aliphatic hydroxyl groups is 1. The van der Waals surface area contributed by atoms with Crippen LogP contribution in [0, 0.1) is 17.8 Å². The van der Waals surface area contributed by atoms with E-state index in [4.69, 9.17) is 9.29 Å². The van der Waals surface area contributed by atoms with Crippen LogP contribution in [0.15, 0.2) is 12.2 Å². The molecule has 2 aliphatic rings. The fourth-order valence-corrected chi connectivity index (χ4v) is 4.30. The van der Waals surface area contributed by atoms with Crippen LogP contribution in [-0.2, 0) is 24.4 Å². The van der Waals surface area contributed by atoms with Gasteiger partial charge in [0.05, 0.1) is 12.2 Å². The molecular weight excluding hydrogens is 443 g/mol. The maximum Gasteiger partial charge on any atom is 0.420 e. The minimum Gasteiger partial charge on any atom is -0.455 e. The standard InChI is InChI=1S/C17H23F5O7S/c1-9(7-28-8-16(18,19)30(25,26)27)14(23)29-13(15(2,24)17(20,21)22)12-6-10-3-4-11(12)5-10/h10-13,24H,1,3-8H2,2H3,(H,25,26,27). The summed E-state index contributed by atoms with van der Waals surface area (Å²) in [6, 6.07) is 0. The third kappa shape index (κ3) is 5.11. The average Bonchev–Trinajstić information content (AvgIpc) is 3.19. The van der Waals surface area contributed by atoms with Gasteiger partial charge in [-0.1, -0.05) is 13.0 Å². The molecule has 0 aromatic rings. The monoisotopic (exact) mass is 466 g/mol. The largest absolute Gasteiger partial charge is 0.455 e. The molecule has 2 rings (SSSR count). The van der Waals surface area contributed by atoms with Crippen molar-refractivity contribution >= 4 is 16.1 Å². The van der Waals surface area contributed by atoms with E-state index < -0.39 is 63.9 Å². The lowest BCUT2D eigenvalue weighted by Gasteiger charge is -2.40. The highest BCUT2D eigenvalue weighted by Gasteiger charge is 2.61. The first kappa shape index (κ1) is 25.0. The number of carbonyl (C=O) groups is 1. The maximum atomic E-state index is 13.4. The SMILES string of the molecule is C=C(COCC(F)(F)S(=O)(=O)O)C(=O)OC(C1CC2CCC1C2)C(C)(O)C(F)(F)F. The third-order valence-electron chi connectivity index (χ3n) is 5.76. The van der Waals surface area contributed by atoms with E-state index in [1.807, 2.05) is 0 Å². The minimum atomic E-state index is -5.75. The Morgan fingerprint density at radius 1 is 1.20 bits per heavy atom. The zero-order valence-electron chi connectivity index (χ0n) is 16.0. The summed E-state index contributed by atoms with van der Waals surface area (Å²) in [6.45, 7) is 0.896. The van der Waals surface area contributed by atoms with Crippen molar-refractivity contribution in [1.82, 2.24) is 0 Å². The first-order chi connectivity index (χ1) is 13.5. The lowest BCUT2D eigenvalue weighted by Crippen LogP contribution is -2.57. The number of fused-ring (bicyclic) bond motifs is 2. The Morgan fingerprint density at radius 2 is 1.80 bits per heavy atom. The molecule has 0 aromatic carbocycles. The quantitative estimate of drug-likeness (QED) is 0.233. The minimum absolute atomic E-state index is 0.153. The van der Waals surface area contributed by atoms with Crippen LogP contribution in [0.1, 0.15) is 32.6 Å². The fraction of sp³-hybridized carbons (Fsp3) is 0.824. The second-order valence-electron chi connectivity index (χ2n) is 8.02. The summed E-state index contributed by atoms with van der Waals surface area (Å²) in [6.07, 6.45) is -4.53. The number of halogens is 5. The Morgan fingerprint density at radius 3 is 2.23 bits per heavy atom. The van der Waals surface area contributed by atoms with E-state index in [0.717, 1.165) is 6.42 Å². The molecule has 0 saturated heterocycles. The van der Waals surface area contributed by atoms with Gasteiger partial charge in [-0.25, -0.2) is 4.79 Å². The van der Waals surface area contributed by atoms with Gasteiger partial charge in [0.2, 0.25) is 0 Å². The molecule has 5 unspecified atom stereocenters. The Hall–Kier alpha value is -1.31. The summed E-state index contributed by atoms with van der Waals surface area (Å²) in [5.41, 5.74) is -4.01. The molecule has 2 bridgehead atoms. The van der Waals surface area contributed by atoms with Gasteiger partial charge in [0.1, 0.15) is 12.7 Å². The molecule has 0 heterocycles. The Bertz CT molecular complexity index is 778. The second-order valence-corrected chi connectivity index (χ2v) is 9.57. The molecule has 174 valence electrons. The molecule has 30 heavy (non-hydrogen) atoms. The van der Waals surface area contributed by atoms with Gasteiger partial charge < -0.3 is 14.6 Å². The molecule has 5 atom stereocenters.